The average Bonchev–Trinajstić information content (AvgIpc) is 2.39. The predicted octanol–water partition coefficient (Wildman–Crippen LogP) is 2.40. The molecule has 0 amide bonds. The van der Waals surface area contributed by atoms with Gasteiger partial charge in [-0.1, -0.05) is 11.6 Å². The Morgan fingerprint density at radius 2 is 2.05 bits per heavy atom. The molecule has 2 rings (SSSR count). The maximum atomic E-state index is 7.44. The first kappa shape index (κ1) is 15.1. The molecule has 3 N–H and O–H groups in total. The SMILES string of the molecule is CN(C)CC1CCN(c2ccc(C(=N)N)cc2Cl)CC1. The van der Waals surface area contributed by atoms with Crippen LogP contribution in [-0.4, -0.2) is 44.5 Å². The highest BCUT2D eigenvalue weighted by Crippen LogP contribution is 2.30. The number of benzene rings is 1. The van der Waals surface area contributed by atoms with Gasteiger partial charge in [0, 0.05) is 25.2 Å². The van der Waals surface area contributed by atoms with Crippen molar-refractivity contribution in [3.63, 3.8) is 0 Å². The summed E-state index contributed by atoms with van der Waals surface area (Å²) in [7, 11) is 4.26. The number of hydrogen-bond donors (Lipinski definition) is 2. The second-order valence-corrected chi connectivity index (χ2v) is 6.18. The quantitative estimate of drug-likeness (QED) is 0.662. The molecule has 4 nitrogen and oxygen atoms in total. The predicted molar refractivity (Wildman–Crippen MR) is 86.0 cm³/mol. The zero-order valence-corrected chi connectivity index (χ0v) is 13.0. The molecule has 1 fully saturated rings. The number of amidine groups is 1. The maximum absolute atomic E-state index is 7.44. The van der Waals surface area contributed by atoms with Crippen LogP contribution in [0.15, 0.2) is 18.2 Å². The minimum atomic E-state index is 0.0585. The summed E-state index contributed by atoms with van der Waals surface area (Å²) in [5.41, 5.74) is 7.22. The first-order valence-corrected chi connectivity index (χ1v) is 7.39. The van der Waals surface area contributed by atoms with Gasteiger partial charge in [0.25, 0.3) is 0 Å². The van der Waals surface area contributed by atoms with Crippen LogP contribution in [-0.2, 0) is 0 Å². The molecule has 1 aromatic carbocycles. The largest absolute Gasteiger partial charge is 0.384 e. The second kappa shape index (κ2) is 6.46. The van der Waals surface area contributed by atoms with Crippen LogP contribution in [0.3, 0.4) is 0 Å². The van der Waals surface area contributed by atoms with Gasteiger partial charge in [0.05, 0.1) is 10.7 Å². The molecule has 0 aliphatic carbocycles. The molecule has 0 radical (unpaired) electrons. The molecule has 1 saturated heterocycles. The van der Waals surface area contributed by atoms with Crippen LogP contribution in [0.5, 0.6) is 0 Å². The fourth-order valence-corrected chi connectivity index (χ4v) is 3.10. The molecule has 1 aromatic rings. The summed E-state index contributed by atoms with van der Waals surface area (Å²) in [5.74, 6) is 0.833. The van der Waals surface area contributed by atoms with E-state index in [0.717, 1.165) is 31.2 Å². The Bertz CT molecular complexity index is 479. The van der Waals surface area contributed by atoms with Crippen LogP contribution < -0.4 is 10.6 Å². The van der Waals surface area contributed by atoms with Gasteiger partial charge in [-0.15, -0.1) is 0 Å². The zero-order chi connectivity index (χ0) is 14.7. The van der Waals surface area contributed by atoms with Crippen LogP contribution in [0.4, 0.5) is 5.69 Å². The highest BCUT2D eigenvalue weighted by molar-refractivity contribution is 6.33. The van der Waals surface area contributed by atoms with E-state index < -0.39 is 0 Å². The van der Waals surface area contributed by atoms with E-state index >= 15 is 0 Å². The minimum absolute atomic E-state index is 0.0585. The van der Waals surface area contributed by atoms with Crippen molar-refractivity contribution in [1.82, 2.24) is 4.90 Å². The lowest BCUT2D eigenvalue weighted by atomic mass is 9.96. The lowest BCUT2D eigenvalue weighted by Crippen LogP contribution is -2.37. The van der Waals surface area contributed by atoms with Gasteiger partial charge < -0.3 is 15.5 Å². The van der Waals surface area contributed by atoms with Gasteiger partial charge >= 0.3 is 0 Å². The summed E-state index contributed by atoms with van der Waals surface area (Å²) in [5, 5.41) is 8.12. The molecular weight excluding hydrogens is 272 g/mol. The maximum Gasteiger partial charge on any atom is 0.122 e. The smallest absolute Gasteiger partial charge is 0.122 e. The fourth-order valence-electron chi connectivity index (χ4n) is 2.80. The summed E-state index contributed by atoms with van der Waals surface area (Å²) in [6.45, 7) is 3.24. The van der Waals surface area contributed by atoms with Crippen LogP contribution in [0.25, 0.3) is 0 Å². The van der Waals surface area contributed by atoms with E-state index in [0.29, 0.717) is 10.6 Å². The third-order valence-corrected chi connectivity index (χ3v) is 4.14. The molecule has 0 spiro atoms. The van der Waals surface area contributed by atoms with E-state index in [-0.39, 0.29) is 5.84 Å². The minimum Gasteiger partial charge on any atom is -0.384 e. The van der Waals surface area contributed by atoms with Crippen molar-refractivity contribution in [2.45, 2.75) is 12.8 Å². The molecule has 110 valence electrons. The number of nitrogen functional groups attached to an aromatic ring is 1. The summed E-state index contributed by atoms with van der Waals surface area (Å²) in [6.07, 6.45) is 2.39. The first-order valence-electron chi connectivity index (χ1n) is 7.01. The van der Waals surface area contributed by atoms with Crippen molar-refractivity contribution in [2.24, 2.45) is 11.7 Å². The summed E-state index contributed by atoms with van der Waals surface area (Å²) in [4.78, 5) is 4.59. The Kier molecular flexibility index (Phi) is 4.89. The van der Waals surface area contributed by atoms with E-state index in [4.69, 9.17) is 22.7 Å². The number of nitrogens with two attached hydrogens (primary N) is 1. The van der Waals surface area contributed by atoms with E-state index in [1.807, 2.05) is 12.1 Å². The second-order valence-electron chi connectivity index (χ2n) is 5.77. The van der Waals surface area contributed by atoms with Gasteiger partial charge in [-0.25, -0.2) is 0 Å². The van der Waals surface area contributed by atoms with E-state index in [1.165, 1.54) is 12.8 Å². The summed E-state index contributed by atoms with van der Waals surface area (Å²) < 4.78 is 0. The van der Waals surface area contributed by atoms with Crippen molar-refractivity contribution < 1.29 is 0 Å². The van der Waals surface area contributed by atoms with Gasteiger partial charge in [0.15, 0.2) is 0 Å². The number of rotatable bonds is 4. The molecule has 0 bridgehead atoms. The van der Waals surface area contributed by atoms with Gasteiger partial charge in [-0.05, 0) is 51.1 Å². The molecule has 1 heterocycles. The van der Waals surface area contributed by atoms with Crippen molar-refractivity contribution in [3.05, 3.63) is 28.8 Å². The molecule has 1 aliphatic heterocycles. The molecule has 0 atom stereocenters. The number of piperidine rings is 1. The third kappa shape index (κ3) is 3.64. The number of anilines is 1. The Hall–Kier alpha value is -1.26. The van der Waals surface area contributed by atoms with Gasteiger partial charge in [-0.3, -0.25) is 5.41 Å². The lowest BCUT2D eigenvalue weighted by Gasteiger charge is -2.35. The van der Waals surface area contributed by atoms with Gasteiger partial charge in [0.2, 0.25) is 0 Å². The van der Waals surface area contributed by atoms with E-state index in [9.17, 15) is 0 Å². The molecule has 0 saturated carbocycles. The highest BCUT2D eigenvalue weighted by Gasteiger charge is 2.21. The summed E-state index contributed by atoms with van der Waals surface area (Å²) >= 11 is 6.33. The Balaban J connectivity index is 2.02. The van der Waals surface area contributed by atoms with Crippen molar-refractivity contribution >= 4 is 23.1 Å². The molecule has 1 aliphatic rings. The van der Waals surface area contributed by atoms with Crippen molar-refractivity contribution in [3.8, 4) is 0 Å². The third-order valence-electron chi connectivity index (χ3n) is 3.84. The fraction of sp³-hybridized carbons (Fsp3) is 0.533. The van der Waals surface area contributed by atoms with Gasteiger partial charge in [0.1, 0.15) is 5.84 Å². The average molecular weight is 295 g/mol. The molecule has 20 heavy (non-hydrogen) atoms. The normalized spacial score (nSPS) is 16.7. The zero-order valence-electron chi connectivity index (χ0n) is 12.2. The van der Waals surface area contributed by atoms with Gasteiger partial charge in [-0.2, -0.15) is 0 Å². The molecule has 5 heteroatoms. The van der Waals surface area contributed by atoms with Crippen molar-refractivity contribution in [1.29, 1.82) is 5.41 Å². The number of nitrogens with zero attached hydrogens (tertiary/aromatic N) is 2. The number of halogens is 1. The van der Waals surface area contributed by atoms with Crippen LogP contribution in [0.1, 0.15) is 18.4 Å². The Morgan fingerprint density at radius 3 is 2.55 bits per heavy atom. The number of hydrogen-bond acceptors (Lipinski definition) is 3. The standard InChI is InChI=1S/C15H23ClN4/c1-19(2)10-11-5-7-20(8-6-11)14-4-3-12(15(17)18)9-13(14)16/h3-4,9,11H,5-8,10H2,1-2H3,(H3,17,18). The topological polar surface area (TPSA) is 56.4 Å². The Morgan fingerprint density at radius 1 is 1.40 bits per heavy atom. The monoisotopic (exact) mass is 294 g/mol. The van der Waals surface area contributed by atoms with Crippen LogP contribution in [0.2, 0.25) is 5.02 Å². The molecular formula is C15H23ClN4. The summed E-state index contributed by atoms with van der Waals surface area (Å²) in [6, 6.07) is 5.63. The van der Waals surface area contributed by atoms with Crippen LogP contribution >= 0.6 is 11.6 Å². The van der Waals surface area contributed by atoms with E-state index in [2.05, 4.69) is 23.9 Å². The molecule has 0 unspecified atom stereocenters. The van der Waals surface area contributed by atoms with Crippen molar-refractivity contribution in [2.75, 3.05) is 38.6 Å². The highest BCUT2D eigenvalue weighted by atomic mass is 35.5. The molecule has 0 aromatic heterocycles. The number of nitrogens with one attached hydrogen (secondary N) is 1. The van der Waals surface area contributed by atoms with Crippen LogP contribution in [0, 0.1) is 11.3 Å². The van der Waals surface area contributed by atoms with E-state index in [1.54, 1.807) is 6.07 Å². The first-order chi connectivity index (χ1) is 9.47. The Labute approximate surface area is 126 Å². The lowest BCUT2D eigenvalue weighted by molar-refractivity contribution is 0.285.